The molecule has 3 heteroatoms. The zero-order chi connectivity index (χ0) is 40.7. The van der Waals surface area contributed by atoms with Crippen molar-refractivity contribution in [3.05, 3.63) is 252 Å². The summed E-state index contributed by atoms with van der Waals surface area (Å²) < 4.78 is 0. The number of anilines is 6. The average Bonchev–Trinajstić information content (AvgIpc) is 3.73. The second kappa shape index (κ2) is 13.7. The summed E-state index contributed by atoms with van der Waals surface area (Å²) in [5, 5.41) is 0. The van der Waals surface area contributed by atoms with Crippen LogP contribution in [0.5, 0.6) is 0 Å². The Morgan fingerprint density at radius 3 is 1.30 bits per heavy atom. The van der Waals surface area contributed by atoms with Crippen LogP contribution in [0.3, 0.4) is 0 Å². The monoisotopic (exact) mass is 798 g/mol. The number of rotatable bonds is 6. The number of para-hydroxylation sites is 4. The lowest BCUT2D eigenvalue weighted by Crippen LogP contribution is -2.33. The molecule has 1 spiro atoms. The Morgan fingerprint density at radius 1 is 0.344 bits per heavy atom. The maximum atomic E-state index is 2.60. The van der Waals surface area contributed by atoms with Crippen LogP contribution in [0.15, 0.2) is 228 Å². The highest BCUT2D eigenvalue weighted by atomic mass is 32.2. The van der Waals surface area contributed by atoms with Gasteiger partial charge in [-0.15, -0.1) is 0 Å². The molecule has 0 unspecified atom stereocenters. The minimum absolute atomic E-state index is 0.242. The third-order valence-corrected chi connectivity index (χ3v) is 14.5. The third-order valence-electron chi connectivity index (χ3n) is 13.3. The molecule has 3 aliphatic rings. The van der Waals surface area contributed by atoms with Gasteiger partial charge in [-0.3, -0.25) is 0 Å². The zero-order valence-corrected chi connectivity index (χ0v) is 34.9. The molecule has 0 saturated heterocycles. The van der Waals surface area contributed by atoms with Gasteiger partial charge in [-0.05, 0) is 123 Å². The molecule has 0 radical (unpaired) electrons. The van der Waals surface area contributed by atoms with Crippen LogP contribution in [-0.4, -0.2) is 0 Å². The van der Waals surface area contributed by atoms with E-state index in [2.05, 4.69) is 242 Å². The Bertz CT molecular complexity index is 3010. The fourth-order valence-electron chi connectivity index (χ4n) is 10.7. The van der Waals surface area contributed by atoms with Crippen LogP contribution in [0.1, 0.15) is 47.2 Å². The molecule has 0 aromatic heterocycles. The van der Waals surface area contributed by atoms with Gasteiger partial charge in [0.15, 0.2) is 0 Å². The predicted molar refractivity (Wildman–Crippen MR) is 255 cm³/mol. The molecule has 1 aliphatic heterocycles. The molecule has 290 valence electrons. The number of benzene rings is 9. The first kappa shape index (κ1) is 35.8. The molecule has 9 aromatic rings. The van der Waals surface area contributed by atoms with Gasteiger partial charge in [0.25, 0.3) is 0 Å². The van der Waals surface area contributed by atoms with E-state index >= 15 is 0 Å². The van der Waals surface area contributed by atoms with E-state index in [4.69, 9.17) is 0 Å². The Labute approximate surface area is 362 Å². The lowest BCUT2D eigenvalue weighted by molar-refractivity contribution is 0.654. The van der Waals surface area contributed by atoms with Crippen molar-refractivity contribution < 1.29 is 0 Å². The summed E-state index contributed by atoms with van der Waals surface area (Å²) >= 11 is 1.93. The number of nitrogens with zero attached hydrogens (tertiary/aromatic N) is 2. The van der Waals surface area contributed by atoms with Gasteiger partial charge in [0.05, 0.1) is 16.8 Å². The van der Waals surface area contributed by atoms with Gasteiger partial charge in [0, 0.05) is 43.5 Å². The molecule has 1 heterocycles. The normalized spacial score (nSPS) is 14.3. The van der Waals surface area contributed by atoms with Gasteiger partial charge in [0.1, 0.15) is 0 Å². The van der Waals surface area contributed by atoms with Crippen LogP contribution >= 0.6 is 11.8 Å². The molecule has 2 aliphatic carbocycles. The molecule has 0 saturated carbocycles. The number of hydrogen-bond acceptors (Lipinski definition) is 3. The van der Waals surface area contributed by atoms with Gasteiger partial charge >= 0.3 is 0 Å². The fraction of sp³-hybridized carbons (Fsp3) is 0.0690. The molecule has 0 fully saturated rings. The summed E-state index contributed by atoms with van der Waals surface area (Å²) in [5.41, 5.74) is 19.4. The van der Waals surface area contributed by atoms with Gasteiger partial charge in [-0.1, -0.05) is 171 Å². The van der Waals surface area contributed by atoms with Crippen LogP contribution < -0.4 is 9.80 Å². The SMILES string of the molecule is CC1(C)c2cc3c(cc2-c2c(N(c4ccccc4)c4ccccc4)cccc21)C1(c2ccccc2-c2ccccc21)c1cccc(N(c2ccccc2)c2ccccc2)c1S3. The lowest BCUT2D eigenvalue weighted by Gasteiger charge is -2.42. The maximum absolute atomic E-state index is 2.60. The molecule has 0 amide bonds. The summed E-state index contributed by atoms with van der Waals surface area (Å²) in [6.07, 6.45) is 0. The summed E-state index contributed by atoms with van der Waals surface area (Å²) in [7, 11) is 0. The second-order valence-corrected chi connectivity index (χ2v) is 17.9. The van der Waals surface area contributed by atoms with E-state index in [1.807, 2.05) is 11.8 Å². The van der Waals surface area contributed by atoms with Crippen molar-refractivity contribution >= 4 is 45.9 Å². The van der Waals surface area contributed by atoms with Crippen LogP contribution in [0.2, 0.25) is 0 Å². The van der Waals surface area contributed by atoms with Crippen molar-refractivity contribution in [2.45, 2.75) is 34.5 Å². The van der Waals surface area contributed by atoms with Gasteiger partial charge < -0.3 is 9.80 Å². The minimum atomic E-state index is -0.562. The van der Waals surface area contributed by atoms with Crippen LogP contribution in [0.4, 0.5) is 34.1 Å². The van der Waals surface area contributed by atoms with Crippen molar-refractivity contribution in [2.24, 2.45) is 0 Å². The molecule has 2 nitrogen and oxygen atoms in total. The Kier molecular flexibility index (Phi) is 8.07. The van der Waals surface area contributed by atoms with Gasteiger partial charge in [-0.25, -0.2) is 0 Å². The van der Waals surface area contributed by atoms with E-state index in [0.29, 0.717) is 0 Å². The first-order valence-electron chi connectivity index (χ1n) is 21.2. The maximum Gasteiger partial charge on any atom is 0.0736 e. The molecule has 0 atom stereocenters. The lowest BCUT2D eigenvalue weighted by atomic mass is 9.66. The van der Waals surface area contributed by atoms with Crippen molar-refractivity contribution in [3.63, 3.8) is 0 Å². The van der Waals surface area contributed by atoms with Crippen LogP contribution in [0.25, 0.3) is 22.3 Å². The first-order chi connectivity index (χ1) is 30.0. The van der Waals surface area contributed by atoms with E-state index in [-0.39, 0.29) is 5.41 Å². The van der Waals surface area contributed by atoms with Crippen molar-refractivity contribution in [3.8, 4) is 22.3 Å². The smallest absolute Gasteiger partial charge is 0.0736 e. The third kappa shape index (κ3) is 5.17. The van der Waals surface area contributed by atoms with Gasteiger partial charge in [-0.2, -0.15) is 0 Å². The standard InChI is InChI=1S/C58H42N2S/c1-57(2)48-33-19-35-52(59(39-21-7-3-8-22-39)40-23-9-4-10-24-40)55(48)45-37-51-54(38-50(45)57)61-56-49(58(51)46-31-17-15-29-43(46)44-30-16-18-32-47(44)58)34-20-36-53(56)60(41-25-11-5-12-26-41)42-27-13-6-14-28-42/h3-38H,1-2H3. The van der Waals surface area contributed by atoms with Crippen LogP contribution in [0, 0.1) is 0 Å². The van der Waals surface area contributed by atoms with Crippen molar-refractivity contribution in [1.29, 1.82) is 0 Å². The Morgan fingerprint density at radius 2 is 0.770 bits per heavy atom. The summed E-state index contributed by atoms with van der Waals surface area (Å²) in [5.74, 6) is 0. The summed E-state index contributed by atoms with van der Waals surface area (Å²) in [6, 6.07) is 80.7. The highest BCUT2D eigenvalue weighted by molar-refractivity contribution is 7.99. The van der Waals surface area contributed by atoms with Gasteiger partial charge in [0.2, 0.25) is 0 Å². The fourth-order valence-corrected chi connectivity index (χ4v) is 12.0. The molecular weight excluding hydrogens is 757 g/mol. The number of hydrogen-bond donors (Lipinski definition) is 0. The average molecular weight is 799 g/mol. The Hall–Kier alpha value is -7.07. The topological polar surface area (TPSA) is 6.48 Å². The van der Waals surface area contributed by atoms with E-state index in [9.17, 15) is 0 Å². The zero-order valence-electron chi connectivity index (χ0n) is 34.1. The molecule has 9 aromatic carbocycles. The van der Waals surface area contributed by atoms with Crippen molar-refractivity contribution in [1.82, 2.24) is 0 Å². The highest BCUT2D eigenvalue weighted by Crippen LogP contribution is 2.66. The quantitative estimate of drug-likeness (QED) is 0.165. The largest absolute Gasteiger partial charge is 0.310 e. The van der Waals surface area contributed by atoms with E-state index in [0.717, 1.165) is 22.7 Å². The van der Waals surface area contributed by atoms with Crippen molar-refractivity contribution in [2.75, 3.05) is 9.80 Å². The highest BCUT2D eigenvalue weighted by Gasteiger charge is 2.52. The van der Waals surface area contributed by atoms with E-state index in [1.165, 1.54) is 76.8 Å². The molecule has 0 N–H and O–H groups in total. The predicted octanol–water partition coefficient (Wildman–Crippen LogP) is 15.8. The summed E-state index contributed by atoms with van der Waals surface area (Å²) in [6.45, 7) is 4.83. The molecule has 0 bridgehead atoms. The molecule has 12 rings (SSSR count). The minimum Gasteiger partial charge on any atom is -0.310 e. The Balaban J connectivity index is 1.17. The van der Waals surface area contributed by atoms with Crippen LogP contribution in [-0.2, 0) is 10.8 Å². The van der Waals surface area contributed by atoms with E-state index < -0.39 is 5.41 Å². The second-order valence-electron chi connectivity index (χ2n) is 16.8. The molecular formula is C58H42N2S. The first-order valence-corrected chi connectivity index (χ1v) is 22.0. The van der Waals surface area contributed by atoms with E-state index in [1.54, 1.807) is 0 Å². The summed E-state index contributed by atoms with van der Waals surface area (Å²) in [4.78, 5) is 7.47. The number of fused-ring (bicyclic) bond motifs is 12. The molecule has 61 heavy (non-hydrogen) atoms.